The highest BCUT2D eigenvalue weighted by molar-refractivity contribution is 6.33. The quantitative estimate of drug-likeness (QED) is 0.853. The Morgan fingerprint density at radius 1 is 1.31 bits per heavy atom. The Morgan fingerprint density at radius 2 is 2.00 bits per heavy atom. The molecule has 16 heavy (non-hydrogen) atoms. The summed E-state index contributed by atoms with van der Waals surface area (Å²) in [6.45, 7) is 1.77. The maximum Gasteiger partial charge on any atom is 0.0863 e. The molecule has 1 fully saturated rings. The molecule has 0 atom stereocenters. The molecule has 1 saturated heterocycles. The van der Waals surface area contributed by atoms with Gasteiger partial charge in [0.25, 0.3) is 0 Å². The summed E-state index contributed by atoms with van der Waals surface area (Å²) >= 11 is 6.02. The molecule has 0 spiro atoms. The van der Waals surface area contributed by atoms with Gasteiger partial charge in [-0.05, 0) is 12.1 Å². The molecule has 0 bridgehead atoms. The minimum Gasteiger partial charge on any atom is -0.388 e. The van der Waals surface area contributed by atoms with Crippen molar-refractivity contribution in [2.75, 3.05) is 25.1 Å². The largest absolute Gasteiger partial charge is 0.388 e. The van der Waals surface area contributed by atoms with E-state index in [1.807, 2.05) is 24.3 Å². The van der Waals surface area contributed by atoms with Gasteiger partial charge in [0, 0.05) is 32.6 Å². The molecule has 4 heteroatoms. The topological polar surface area (TPSA) is 41.5 Å². The first-order chi connectivity index (χ1) is 7.70. The van der Waals surface area contributed by atoms with E-state index >= 15 is 0 Å². The number of hydrogen-bond donors (Lipinski definition) is 2. The minimum atomic E-state index is -0.669. The Balaban J connectivity index is 1.94. The summed E-state index contributed by atoms with van der Waals surface area (Å²) in [5, 5.41) is 14.1. The molecule has 0 aliphatic carbocycles. The number of nitrogens with one attached hydrogen (secondary N) is 1. The molecular weight excluding hydrogens is 226 g/mol. The fraction of sp³-hybridized carbons (Fsp3) is 0.500. The van der Waals surface area contributed by atoms with Gasteiger partial charge in [0.05, 0.1) is 16.3 Å². The highest BCUT2D eigenvalue weighted by Crippen LogP contribution is 2.24. The Kier molecular flexibility index (Phi) is 3.69. The predicted molar refractivity (Wildman–Crippen MR) is 64.9 cm³/mol. The monoisotopic (exact) mass is 241 g/mol. The molecule has 1 aromatic rings. The van der Waals surface area contributed by atoms with Crippen LogP contribution in [0.3, 0.4) is 0 Å². The van der Waals surface area contributed by atoms with Crippen molar-refractivity contribution in [3.63, 3.8) is 0 Å². The second kappa shape index (κ2) is 5.04. The normalized spacial score (nSPS) is 19.4. The van der Waals surface area contributed by atoms with Crippen molar-refractivity contribution >= 4 is 17.3 Å². The van der Waals surface area contributed by atoms with Crippen LogP contribution in [0.2, 0.25) is 5.02 Å². The maximum absolute atomic E-state index is 10.2. The van der Waals surface area contributed by atoms with Crippen molar-refractivity contribution in [1.29, 1.82) is 0 Å². The molecule has 1 aromatic carbocycles. The Hall–Kier alpha value is -0.770. The average molecular weight is 242 g/mol. The molecule has 0 aromatic heterocycles. The molecule has 1 aliphatic heterocycles. The maximum atomic E-state index is 10.2. The van der Waals surface area contributed by atoms with Gasteiger partial charge in [0.15, 0.2) is 0 Å². The molecule has 1 heterocycles. The molecule has 88 valence electrons. The van der Waals surface area contributed by atoms with E-state index in [0.717, 1.165) is 5.69 Å². The van der Waals surface area contributed by atoms with Crippen LogP contribution < -0.4 is 5.32 Å². The number of benzene rings is 1. The summed E-state index contributed by atoms with van der Waals surface area (Å²) < 4.78 is 5.23. The van der Waals surface area contributed by atoms with Gasteiger partial charge >= 0.3 is 0 Å². The van der Waals surface area contributed by atoms with E-state index in [4.69, 9.17) is 16.3 Å². The van der Waals surface area contributed by atoms with Crippen LogP contribution in [-0.2, 0) is 4.74 Å². The number of hydrogen-bond acceptors (Lipinski definition) is 3. The second-order valence-electron chi connectivity index (χ2n) is 4.17. The van der Waals surface area contributed by atoms with Crippen LogP contribution in [0.5, 0.6) is 0 Å². The van der Waals surface area contributed by atoms with Gasteiger partial charge in [-0.1, -0.05) is 23.7 Å². The van der Waals surface area contributed by atoms with Crippen LogP contribution in [0, 0.1) is 0 Å². The van der Waals surface area contributed by atoms with Crippen molar-refractivity contribution in [2.45, 2.75) is 18.4 Å². The van der Waals surface area contributed by atoms with E-state index in [1.165, 1.54) is 0 Å². The number of aliphatic hydroxyl groups is 1. The SMILES string of the molecule is OC1(CNc2ccccc2Cl)CCOCC1. The average Bonchev–Trinajstić information content (AvgIpc) is 2.29. The van der Waals surface area contributed by atoms with E-state index in [0.29, 0.717) is 37.6 Å². The predicted octanol–water partition coefficient (Wildman–Crippen LogP) is 2.29. The third-order valence-electron chi connectivity index (χ3n) is 2.91. The molecule has 0 unspecified atom stereocenters. The van der Waals surface area contributed by atoms with Gasteiger partial charge in [-0.25, -0.2) is 0 Å². The van der Waals surface area contributed by atoms with Gasteiger partial charge in [-0.2, -0.15) is 0 Å². The summed E-state index contributed by atoms with van der Waals surface area (Å²) in [5.74, 6) is 0. The lowest BCUT2D eigenvalue weighted by Gasteiger charge is -2.32. The van der Waals surface area contributed by atoms with Crippen LogP contribution >= 0.6 is 11.6 Å². The smallest absolute Gasteiger partial charge is 0.0863 e. The van der Waals surface area contributed by atoms with Crippen molar-refractivity contribution in [2.24, 2.45) is 0 Å². The fourth-order valence-electron chi connectivity index (χ4n) is 1.79. The van der Waals surface area contributed by atoms with Crippen LogP contribution in [-0.4, -0.2) is 30.5 Å². The Bertz CT molecular complexity index is 351. The van der Waals surface area contributed by atoms with E-state index in [9.17, 15) is 5.11 Å². The molecule has 0 radical (unpaired) electrons. The lowest BCUT2D eigenvalue weighted by atomic mass is 9.94. The highest BCUT2D eigenvalue weighted by atomic mass is 35.5. The molecule has 1 aliphatic rings. The zero-order chi connectivity index (χ0) is 11.4. The number of para-hydroxylation sites is 1. The van der Waals surface area contributed by atoms with Gasteiger partial charge in [0.2, 0.25) is 0 Å². The lowest BCUT2D eigenvalue weighted by molar-refractivity contribution is -0.0543. The van der Waals surface area contributed by atoms with Crippen LogP contribution in [0.4, 0.5) is 5.69 Å². The van der Waals surface area contributed by atoms with Gasteiger partial charge in [-0.15, -0.1) is 0 Å². The summed E-state index contributed by atoms with van der Waals surface area (Å²) in [6, 6.07) is 7.54. The van der Waals surface area contributed by atoms with Crippen molar-refractivity contribution in [3.05, 3.63) is 29.3 Å². The number of halogens is 1. The Labute approximate surface area is 100 Å². The van der Waals surface area contributed by atoms with E-state index in [2.05, 4.69) is 5.32 Å². The van der Waals surface area contributed by atoms with E-state index < -0.39 is 5.60 Å². The van der Waals surface area contributed by atoms with Crippen molar-refractivity contribution in [1.82, 2.24) is 0 Å². The zero-order valence-electron chi connectivity index (χ0n) is 9.08. The van der Waals surface area contributed by atoms with Crippen molar-refractivity contribution in [3.8, 4) is 0 Å². The van der Waals surface area contributed by atoms with Crippen LogP contribution in [0.15, 0.2) is 24.3 Å². The van der Waals surface area contributed by atoms with Gasteiger partial charge in [0.1, 0.15) is 0 Å². The minimum absolute atomic E-state index is 0.514. The first kappa shape index (κ1) is 11.7. The summed E-state index contributed by atoms with van der Waals surface area (Å²) in [6.07, 6.45) is 1.34. The standard InChI is InChI=1S/C12H16ClNO2/c13-10-3-1-2-4-11(10)14-9-12(15)5-7-16-8-6-12/h1-4,14-15H,5-9H2. The van der Waals surface area contributed by atoms with Gasteiger partial charge in [-0.3, -0.25) is 0 Å². The highest BCUT2D eigenvalue weighted by Gasteiger charge is 2.29. The number of ether oxygens (including phenoxy) is 1. The third-order valence-corrected chi connectivity index (χ3v) is 3.23. The van der Waals surface area contributed by atoms with Crippen LogP contribution in [0.1, 0.15) is 12.8 Å². The fourth-order valence-corrected chi connectivity index (χ4v) is 2.00. The molecule has 0 saturated carbocycles. The molecule has 3 nitrogen and oxygen atoms in total. The molecule has 2 N–H and O–H groups in total. The first-order valence-electron chi connectivity index (χ1n) is 5.48. The van der Waals surface area contributed by atoms with E-state index in [1.54, 1.807) is 0 Å². The zero-order valence-corrected chi connectivity index (χ0v) is 9.83. The van der Waals surface area contributed by atoms with Crippen LogP contribution in [0.25, 0.3) is 0 Å². The number of rotatable bonds is 3. The van der Waals surface area contributed by atoms with Crippen molar-refractivity contribution < 1.29 is 9.84 Å². The molecule has 2 rings (SSSR count). The van der Waals surface area contributed by atoms with E-state index in [-0.39, 0.29) is 0 Å². The Morgan fingerprint density at radius 3 is 2.69 bits per heavy atom. The summed E-state index contributed by atoms with van der Waals surface area (Å²) in [5.41, 5.74) is 0.196. The van der Waals surface area contributed by atoms with Gasteiger partial charge < -0.3 is 15.2 Å². The second-order valence-corrected chi connectivity index (χ2v) is 4.58. The first-order valence-corrected chi connectivity index (χ1v) is 5.86. The number of anilines is 1. The summed E-state index contributed by atoms with van der Waals surface area (Å²) in [7, 11) is 0. The summed E-state index contributed by atoms with van der Waals surface area (Å²) in [4.78, 5) is 0. The molecule has 0 amide bonds. The molecular formula is C12H16ClNO2. The lowest BCUT2D eigenvalue weighted by Crippen LogP contribution is -2.42. The third kappa shape index (κ3) is 2.88.